The fourth-order valence-corrected chi connectivity index (χ4v) is 2.48. The van der Waals surface area contributed by atoms with Crippen LogP contribution < -0.4 is 15.8 Å². The molecule has 6 nitrogen and oxygen atoms in total. The summed E-state index contributed by atoms with van der Waals surface area (Å²) >= 11 is 0. The number of sulfonamides is 1. The molecule has 0 aliphatic rings. The zero-order valence-electron chi connectivity index (χ0n) is 10.1. The molecule has 0 aliphatic carbocycles. The summed E-state index contributed by atoms with van der Waals surface area (Å²) in [5.74, 6) is -0.328. The number of rotatable bonds is 6. The highest BCUT2D eigenvalue weighted by molar-refractivity contribution is 7.88. The predicted octanol–water partition coefficient (Wildman–Crippen LogP) is -0.176. The highest BCUT2D eigenvalue weighted by Crippen LogP contribution is 2.08. The summed E-state index contributed by atoms with van der Waals surface area (Å²) in [6.45, 7) is 0.0942. The average molecular weight is 271 g/mol. The Morgan fingerprint density at radius 1 is 1.28 bits per heavy atom. The summed E-state index contributed by atoms with van der Waals surface area (Å²) in [5, 5.41) is 2.42. The van der Waals surface area contributed by atoms with E-state index in [0.29, 0.717) is 11.3 Å². The van der Waals surface area contributed by atoms with Crippen LogP contribution in [0.2, 0.25) is 0 Å². The van der Waals surface area contributed by atoms with Crippen LogP contribution in [0, 0.1) is 0 Å². The van der Waals surface area contributed by atoms with Crippen LogP contribution in [0.25, 0.3) is 0 Å². The van der Waals surface area contributed by atoms with Gasteiger partial charge >= 0.3 is 0 Å². The van der Waals surface area contributed by atoms with Gasteiger partial charge in [-0.1, -0.05) is 12.1 Å². The topological polar surface area (TPSA) is 101 Å². The molecule has 0 fully saturated rings. The molecule has 1 amide bonds. The van der Waals surface area contributed by atoms with Crippen LogP contribution in [0.4, 0.5) is 5.69 Å². The number of amides is 1. The van der Waals surface area contributed by atoms with Gasteiger partial charge < -0.3 is 11.1 Å². The van der Waals surface area contributed by atoms with E-state index in [0.717, 1.165) is 0 Å². The minimum Gasteiger partial charge on any atom is -0.399 e. The van der Waals surface area contributed by atoms with E-state index in [9.17, 15) is 13.2 Å². The predicted molar refractivity (Wildman–Crippen MR) is 70.2 cm³/mol. The number of benzene rings is 1. The molecule has 4 N–H and O–H groups in total. The lowest BCUT2D eigenvalue weighted by atomic mass is 10.2. The van der Waals surface area contributed by atoms with E-state index in [1.165, 1.54) is 7.05 Å². The first kappa shape index (κ1) is 14.5. The summed E-state index contributed by atoms with van der Waals surface area (Å²) in [7, 11) is -1.92. The van der Waals surface area contributed by atoms with Crippen LogP contribution in [0.15, 0.2) is 24.3 Å². The van der Waals surface area contributed by atoms with Gasteiger partial charge in [0, 0.05) is 25.7 Å². The van der Waals surface area contributed by atoms with Gasteiger partial charge in [-0.05, 0) is 17.7 Å². The second kappa shape index (κ2) is 6.36. The second-order valence-electron chi connectivity index (χ2n) is 3.82. The monoisotopic (exact) mass is 271 g/mol. The molecule has 0 radical (unpaired) electrons. The zero-order valence-corrected chi connectivity index (χ0v) is 11.0. The third-order valence-electron chi connectivity index (χ3n) is 2.29. The molecule has 0 saturated heterocycles. The van der Waals surface area contributed by atoms with E-state index < -0.39 is 10.0 Å². The van der Waals surface area contributed by atoms with Crippen LogP contribution in [-0.2, 0) is 20.6 Å². The molecule has 0 bridgehead atoms. The molecule has 7 heteroatoms. The molecular weight excluding hydrogens is 254 g/mol. The summed E-state index contributed by atoms with van der Waals surface area (Å²) in [5.41, 5.74) is 6.75. The van der Waals surface area contributed by atoms with Crippen molar-refractivity contribution >= 4 is 21.6 Å². The van der Waals surface area contributed by atoms with Crippen molar-refractivity contribution in [3.8, 4) is 0 Å². The van der Waals surface area contributed by atoms with Crippen LogP contribution in [0.1, 0.15) is 12.0 Å². The Kier molecular flexibility index (Phi) is 5.11. The van der Waals surface area contributed by atoms with E-state index in [1.54, 1.807) is 24.3 Å². The van der Waals surface area contributed by atoms with Crippen molar-refractivity contribution < 1.29 is 13.2 Å². The minimum atomic E-state index is -3.42. The highest BCUT2D eigenvalue weighted by atomic mass is 32.2. The fourth-order valence-electron chi connectivity index (χ4n) is 1.33. The van der Waals surface area contributed by atoms with Crippen LogP contribution in [-0.4, -0.2) is 27.9 Å². The SMILES string of the molecule is CNC(=O)CCNS(=O)(=O)Cc1ccc(N)cc1. The molecular formula is C11H17N3O3S. The third-order valence-corrected chi connectivity index (χ3v) is 3.65. The van der Waals surface area contributed by atoms with Gasteiger partial charge in [0.2, 0.25) is 15.9 Å². The number of anilines is 1. The number of nitrogens with two attached hydrogens (primary N) is 1. The van der Waals surface area contributed by atoms with Gasteiger partial charge in [0.05, 0.1) is 5.75 Å². The maximum atomic E-state index is 11.7. The van der Waals surface area contributed by atoms with Crippen molar-refractivity contribution in [3.63, 3.8) is 0 Å². The van der Waals surface area contributed by atoms with Crippen LogP contribution in [0.5, 0.6) is 0 Å². The zero-order chi connectivity index (χ0) is 13.6. The summed E-state index contributed by atoms with van der Waals surface area (Å²) in [6.07, 6.45) is 0.122. The molecule has 1 rings (SSSR count). The lowest BCUT2D eigenvalue weighted by Gasteiger charge is -2.06. The van der Waals surface area contributed by atoms with Crippen molar-refractivity contribution in [2.75, 3.05) is 19.3 Å². The second-order valence-corrected chi connectivity index (χ2v) is 5.63. The first-order chi connectivity index (χ1) is 8.43. The summed E-state index contributed by atoms with van der Waals surface area (Å²) in [4.78, 5) is 10.9. The number of nitrogen functional groups attached to an aromatic ring is 1. The molecule has 0 heterocycles. The Morgan fingerprint density at radius 2 is 1.89 bits per heavy atom. The van der Waals surface area contributed by atoms with E-state index >= 15 is 0 Å². The largest absolute Gasteiger partial charge is 0.399 e. The molecule has 18 heavy (non-hydrogen) atoms. The van der Waals surface area contributed by atoms with Crippen LogP contribution in [0.3, 0.4) is 0 Å². The standard InChI is InChI=1S/C11H17N3O3S/c1-13-11(15)6-7-14-18(16,17)8-9-2-4-10(12)5-3-9/h2-5,14H,6-8,12H2,1H3,(H,13,15). The first-order valence-electron chi connectivity index (χ1n) is 5.45. The number of carbonyl (C=O) groups excluding carboxylic acids is 1. The van der Waals surface area contributed by atoms with E-state index in [-0.39, 0.29) is 24.6 Å². The molecule has 0 unspecified atom stereocenters. The van der Waals surface area contributed by atoms with Gasteiger partial charge in [-0.3, -0.25) is 4.79 Å². The number of hydrogen-bond donors (Lipinski definition) is 3. The molecule has 1 aromatic carbocycles. The Hall–Kier alpha value is -1.60. The number of hydrogen-bond acceptors (Lipinski definition) is 4. The fraction of sp³-hybridized carbons (Fsp3) is 0.364. The first-order valence-corrected chi connectivity index (χ1v) is 7.10. The smallest absolute Gasteiger partial charge is 0.221 e. The molecule has 0 atom stereocenters. The van der Waals surface area contributed by atoms with Crippen molar-refractivity contribution in [1.29, 1.82) is 0 Å². The number of carbonyl (C=O) groups is 1. The molecule has 0 saturated carbocycles. The summed E-state index contributed by atoms with van der Waals surface area (Å²) < 4.78 is 25.7. The van der Waals surface area contributed by atoms with Gasteiger partial charge in [-0.25, -0.2) is 13.1 Å². The lowest BCUT2D eigenvalue weighted by molar-refractivity contribution is -0.120. The van der Waals surface area contributed by atoms with Crippen molar-refractivity contribution in [3.05, 3.63) is 29.8 Å². The number of nitrogens with one attached hydrogen (secondary N) is 2. The van der Waals surface area contributed by atoms with Gasteiger partial charge in [-0.2, -0.15) is 0 Å². The highest BCUT2D eigenvalue weighted by Gasteiger charge is 2.11. The molecule has 0 spiro atoms. The van der Waals surface area contributed by atoms with E-state index in [4.69, 9.17) is 5.73 Å². The normalized spacial score (nSPS) is 11.2. The van der Waals surface area contributed by atoms with Crippen molar-refractivity contribution in [2.24, 2.45) is 0 Å². The van der Waals surface area contributed by atoms with E-state index in [1.807, 2.05) is 0 Å². The Morgan fingerprint density at radius 3 is 2.44 bits per heavy atom. The lowest BCUT2D eigenvalue weighted by Crippen LogP contribution is -2.30. The van der Waals surface area contributed by atoms with Gasteiger partial charge in [-0.15, -0.1) is 0 Å². The Balaban J connectivity index is 2.49. The summed E-state index contributed by atoms with van der Waals surface area (Å²) in [6, 6.07) is 6.62. The molecule has 0 aromatic heterocycles. The maximum Gasteiger partial charge on any atom is 0.221 e. The quantitative estimate of drug-likeness (QED) is 0.625. The van der Waals surface area contributed by atoms with Crippen molar-refractivity contribution in [1.82, 2.24) is 10.0 Å². The maximum absolute atomic E-state index is 11.7. The van der Waals surface area contributed by atoms with Crippen LogP contribution >= 0.6 is 0 Å². The average Bonchev–Trinajstić information content (AvgIpc) is 2.31. The van der Waals surface area contributed by atoms with Crippen molar-refractivity contribution in [2.45, 2.75) is 12.2 Å². The van der Waals surface area contributed by atoms with Gasteiger partial charge in [0.1, 0.15) is 0 Å². The van der Waals surface area contributed by atoms with E-state index in [2.05, 4.69) is 10.0 Å². The van der Waals surface area contributed by atoms with Gasteiger partial charge in [0.15, 0.2) is 0 Å². The molecule has 100 valence electrons. The third kappa shape index (κ3) is 5.15. The molecule has 0 aliphatic heterocycles. The Bertz CT molecular complexity index is 497. The van der Waals surface area contributed by atoms with Gasteiger partial charge in [0.25, 0.3) is 0 Å². The molecule has 1 aromatic rings. The minimum absolute atomic E-state index is 0.0942. The Labute approximate surface area is 107 Å².